The number of hydrogen-bond donors (Lipinski definition) is 0. The summed E-state index contributed by atoms with van der Waals surface area (Å²) in [5, 5.41) is 4.08. The third kappa shape index (κ3) is 26.0. The van der Waals surface area contributed by atoms with E-state index >= 15 is 0 Å². The van der Waals surface area contributed by atoms with Gasteiger partial charge in [0.05, 0.1) is 0 Å². The Kier molecular flexibility index (Phi) is 19.8. The van der Waals surface area contributed by atoms with Gasteiger partial charge in [0.1, 0.15) is 0 Å². The van der Waals surface area contributed by atoms with Crippen molar-refractivity contribution in [1.29, 1.82) is 0 Å². The van der Waals surface area contributed by atoms with Crippen LogP contribution in [0.25, 0.3) is 0 Å². The maximum Gasteiger partial charge on any atom is -0.00934 e. The molecule has 0 amide bonds. The molecule has 1 heteroatoms. The zero-order chi connectivity index (χ0) is 8.95. The van der Waals surface area contributed by atoms with Gasteiger partial charge in [-0.3, -0.25) is 0 Å². The summed E-state index contributed by atoms with van der Waals surface area (Å²) in [5.74, 6) is 0. The van der Waals surface area contributed by atoms with E-state index in [-0.39, 0.29) is 0 Å². The van der Waals surface area contributed by atoms with Crippen molar-refractivity contribution in [2.24, 2.45) is 0 Å². The highest BCUT2D eigenvalue weighted by Crippen LogP contribution is 1.91. The molecule has 66 valence electrons. The predicted octanol–water partition coefficient (Wildman–Crippen LogP) is 4.58. The molecule has 11 heavy (non-hydrogen) atoms. The number of thiophene rings is 1. The standard InChI is InChI=1S/C4H4S.2C3H8/c1-2-4-5-3-1;2*1-3-2/h1-4H;2*3H2,1-2H3. The molecule has 0 atom stereocenters. The molecule has 1 aromatic rings. The highest BCUT2D eigenvalue weighted by Gasteiger charge is 1.58. The van der Waals surface area contributed by atoms with Gasteiger partial charge in [0, 0.05) is 0 Å². The summed E-state index contributed by atoms with van der Waals surface area (Å²) in [5.41, 5.74) is 0. The zero-order valence-corrected chi connectivity index (χ0v) is 8.95. The van der Waals surface area contributed by atoms with Crippen molar-refractivity contribution in [3.8, 4) is 0 Å². The summed E-state index contributed by atoms with van der Waals surface area (Å²) in [6.45, 7) is 8.50. The Balaban J connectivity index is 0. The van der Waals surface area contributed by atoms with E-state index in [0.29, 0.717) is 0 Å². The van der Waals surface area contributed by atoms with Crippen LogP contribution in [0.1, 0.15) is 40.5 Å². The molecule has 0 unspecified atom stereocenters. The van der Waals surface area contributed by atoms with Gasteiger partial charge in [0.2, 0.25) is 0 Å². The van der Waals surface area contributed by atoms with Gasteiger partial charge < -0.3 is 0 Å². The normalized spacial score (nSPS) is 6.91. The van der Waals surface area contributed by atoms with Gasteiger partial charge in [-0.05, 0) is 10.8 Å². The maximum atomic E-state index is 2.12. The monoisotopic (exact) mass is 172 g/mol. The number of rotatable bonds is 0. The van der Waals surface area contributed by atoms with Crippen molar-refractivity contribution in [3.05, 3.63) is 22.9 Å². The lowest BCUT2D eigenvalue weighted by Gasteiger charge is -1.48. The fourth-order valence-corrected chi connectivity index (χ4v) is 0.680. The smallest absolute Gasteiger partial charge is 0.00934 e. The van der Waals surface area contributed by atoms with Gasteiger partial charge in [-0.15, -0.1) is 0 Å². The van der Waals surface area contributed by atoms with Crippen LogP contribution < -0.4 is 0 Å². The van der Waals surface area contributed by atoms with Crippen molar-refractivity contribution in [3.63, 3.8) is 0 Å². The van der Waals surface area contributed by atoms with E-state index in [9.17, 15) is 0 Å². The van der Waals surface area contributed by atoms with Crippen LogP contribution in [-0.2, 0) is 0 Å². The first-order valence-electron chi connectivity index (χ1n) is 4.30. The van der Waals surface area contributed by atoms with Gasteiger partial charge in [-0.2, -0.15) is 11.3 Å². The lowest BCUT2D eigenvalue weighted by atomic mass is 10.6. The second-order valence-electron chi connectivity index (χ2n) is 2.21. The molecule has 1 heterocycles. The third-order valence-corrected chi connectivity index (χ3v) is 1.05. The second kappa shape index (κ2) is 16.4. The van der Waals surface area contributed by atoms with Gasteiger partial charge >= 0.3 is 0 Å². The van der Waals surface area contributed by atoms with Crippen molar-refractivity contribution < 1.29 is 0 Å². The predicted molar refractivity (Wildman–Crippen MR) is 56.2 cm³/mol. The Morgan fingerprint density at radius 1 is 0.818 bits per heavy atom. The first kappa shape index (κ1) is 13.3. The summed E-state index contributed by atoms with van der Waals surface area (Å²) in [7, 11) is 0. The topological polar surface area (TPSA) is 0 Å². The summed E-state index contributed by atoms with van der Waals surface area (Å²) >= 11 is 1.71. The average Bonchev–Trinajstić information content (AvgIpc) is 2.44. The number of hydrogen-bond acceptors (Lipinski definition) is 1. The molecule has 0 aliphatic heterocycles. The van der Waals surface area contributed by atoms with E-state index in [1.165, 1.54) is 12.8 Å². The SMILES string of the molecule is CCC.CCC.c1ccsc1. The molecule has 0 aromatic carbocycles. The summed E-state index contributed by atoms with van der Waals surface area (Å²) in [6, 6.07) is 4.04. The largest absolute Gasteiger partial charge is 0.152 e. The lowest BCUT2D eigenvalue weighted by Crippen LogP contribution is -1.27. The first-order valence-corrected chi connectivity index (χ1v) is 5.24. The molecular formula is C10H20S. The van der Waals surface area contributed by atoms with Crippen molar-refractivity contribution >= 4 is 11.3 Å². The zero-order valence-electron chi connectivity index (χ0n) is 8.13. The van der Waals surface area contributed by atoms with Crippen LogP contribution in [-0.4, -0.2) is 0 Å². The quantitative estimate of drug-likeness (QED) is 0.537. The summed E-state index contributed by atoms with van der Waals surface area (Å²) in [6.07, 6.45) is 2.50. The molecule has 0 aliphatic carbocycles. The molecular weight excluding hydrogens is 152 g/mol. The Labute approximate surface area is 75.3 Å². The van der Waals surface area contributed by atoms with E-state index in [2.05, 4.69) is 27.7 Å². The molecule has 0 N–H and O–H groups in total. The van der Waals surface area contributed by atoms with Gasteiger partial charge in [0.15, 0.2) is 0 Å². The molecule has 0 saturated heterocycles. The minimum Gasteiger partial charge on any atom is -0.152 e. The summed E-state index contributed by atoms with van der Waals surface area (Å²) < 4.78 is 0. The molecule has 0 bridgehead atoms. The second-order valence-corrected chi connectivity index (χ2v) is 3.02. The van der Waals surface area contributed by atoms with E-state index in [1.54, 1.807) is 11.3 Å². The maximum absolute atomic E-state index is 2.12. The first-order chi connectivity index (χ1) is 5.33. The lowest BCUT2D eigenvalue weighted by molar-refractivity contribution is 1.09. The highest BCUT2D eigenvalue weighted by molar-refractivity contribution is 7.07. The van der Waals surface area contributed by atoms with Crippen molar-refractivity contribution in [2.75, 3.05) is 0 Å². The van der Waals surface area contributed by atoms with Gasteiger partial charge in [-0.25, -0.2) is 0 Å². The minimum atomic E-state index is 1.25. The molecule has 1 rings (SSSR count). The van der Waals surface area contributed by atoms with Crippen LogP contribution in [0.4, 0.5) is 0 Å². The van der Waals surface area contributed by atoms with E-state index < -0.39 is 0 Å². The molecule has 0 radical (unpaired) electrons. The van der Waals surface area contributed by atoms with E-state index in [1.807, 2.05) is 22.9 Å². The molecule has 0 spiro atoms. The van der Waals surface area contributed by atoms with Gasteiger partial charge in [0.25, 0.3) is 0 Å². The van der Waals surface area contributed by atoms with Crippen LogP contribution in [0.15, 0.2) is 22.9 Å². The van der Waals surface area contributed by atoms with Crippen molar-refractivity contribution in [2.45, 2.75) is 40.5 Å². The Bertz CT molecular complexity index is 80.4. The van der Waals surface area contributed by atoms with Gasteiger partial charge in [-0.1, -0.05) is 52.7 Å². The molecule has 0 nitrogen and oxygen atoms in total. The highest BCUT2D eigenvalue weighted by atomic mass is 32.1. The Morgan fingerprint density at radius 2 is 1.09 bits per heavy atom. The van der Waals surface area contributed by atoms with Crippen LogP contribution >= 0.6 is 11.3 Å². The molecule has 0 fully saturated rings. The average molecular weight is 172 g/mol. The minimum absolute atomic E-state index is 1.25. The third-order valence-electron chi connectivity index (χ3n) is 0.425. The van der Waals surface area contributed by atoms with Crippen LogP contribution in [0.2, 0.25) is 0 Å². The Morgan fingerprint density at radius 3 is 1.18 bits per heavy atom. The van der Waals surface area contributed by atoms with Crippen LogP contribution in [0.3, 0.4) is 0 Å². The Hall–Kier alpha value is -0.300. The van der Waals surface area contributed by atoms with E-state index in [0.717, 1.165) is 0 Å². The molecule has 0 aliphatic rings. The van der Waals surface area contributed by atoms with Crippen molar-refractivity contribution in [1.82, 2.24) is 0 Å². The van der Waals surface area contributed by atoms with E-state index in [4.69, 9.17) is 0 Å². The molecule has 0 saturated carbocycles. The van der Waals surface area contributed by atoms with Crippen LogP contribution in [0, 0.1) is 0 Å². The fourth-order valence-electron chi connectivity index (χ4n) is 0.227. The fraction of sp³-hybridized carbons (Fsp3) is 0.600. The summed E-state index contributed by atoms with van der Waals surface area (Å²) in [4.78, 5) is 0. The van der Waals surface area contributed by atoms with Crippen LogP contribution in [0.5, 0.6) is 0 Å². The molecule has 1 aromatic heterocycles.